The van der Waals surface area contributed by atoms with Crippen molar-refractivity contribution >= 4 is 17.1 Å². The van der Waals surface area contributed by atoms with E-state index in [1.807, 2.05) is 4.68 Å². The van der Waals surface area contributed by atoms with Gasteiger partial charge in [0.1, 0.15) is 12.7 Å². The van der Waals surface area contributed by atoms with Gasteiger partial charge in [0, 0.05) is 23.6 Å². The molecule has 0 aliphatic carbocycles. The fraction of sp³-hybridized carbons (Fsp3) is 0.222. The molecule has 0 unspecified atom stereocenters. The molecule has 1 aliphatic rings. The van der Waals surface area contributed by atoms with Crippen LogP contribution >= 0.6 is 0 Å². The highest BCUT2D eigenvalue weighted by atomic mass is 15.3. The van der Waals surface area contributed by atoms with E-state index >= 15 is 0 Å². The molecule has 2 aromatic carbocycles. The highest BCUT2D eigenvalue weighted by Gasteiger charge is 2.12. The van der Waals surface area contributed by atoms with E-state index in [4.69, 9.17) is 0 Å². The molecule has 5 heteroatoms. The van der Waals surface area contributed by atoms with E-state index in [1.165, 1.54) is 22.5 Å². The zero-order valence-corrected chi connectivity index (χ0v) is 12.9. The Balaban J connectivity index is 1.46. The molecule has 4 rings (SSSR count). The third kappa shape index (κ3) is 3.04. The summed E-state index contributed by atoms with van der Waals surface area (Å²) in [5, 5.41) is 11.1. The predicted octanol–water partition coefficient (Wildman–Crippen LogP) is 3.23. The molecule has 2 heterocycles. The first-order valence-electron chi connectivity index (χ1n) is 7.93. The van der Waals surface area contributed by atoms with E-state index in [0.717, 1.165) is 31.6 Å². The van der Waals surface area contributed by atoms with Gasteiger partial charge in [0.05, 0.1) is 6.54 Å². The Kier molecular flexibility index (Phi) is 3.68. The first kappa shape index (κ1) is 13.8. The summed E-state index contributed by atoms with van der Waals surface area (Å²) in [5.74, 6) is 0. The molecule has 0 radical (unpaired) electrons. The Morgan fingerprint density at radius 1 is 1.04 bits per heavy atom. The van der Waals surface area contributed by atoms with Gasteiger partial charge in [-0.25, -0.2) is 4.98 Å². The number of fused-ring (bicyclic) bond motifs is 2. The Hall–Kier alpha value is -2.82. The number of aryl methyl sites for hydroxylation is 2. The van der Waals surface area contributed by atoms with Crippen molar-refractivity contribution in [1.82, 2.24) is 14.8 Å². The van der Waals surface area contributed by atoms with Crippen LogP contribution in [0.2, 0.25) is 0 Å². The van der Waals surface area contributed by atoms with Crippen LogP contribution in [-0.4, -0.2) is 21.3 Å². The van der Waals surface area contributed by atoms with Crippen LogP contribution < -0.4 is 10.6 Å². The molecular weight excluding hydrogens is 286 g/mol. The van der Waals surface area contributed by atoms with Crippen molar-refractivity contribution in [2.45, 2.75) is 19.4 Å². The standard InChI is InChI=1S/C18H19N5/c1-2-4-17-14(3-1)5-6-15-11-16(7-8-18(15)22-17)20-9-10-23-13-19-12-21-23/h1-4,7-8,11-13,20,22H,5-6,9-10H2. The molecule has 0 fully saturated rings. The average molecular weight is 305 g/mol. The lowest BCUT2D eigenvalue weighted by molar-refractivity contribution is 0.636. The molecule has 0 atom stereocenters. The fourth-order valence-electron chi connectivity index (χ4n) is 2.97. The van der Waals surface area contributed by atoms with Gasteiger partial charge >= 0.3 is 0 Å². The first-order chi connectivity index (χ1) is 11.4. The van der Waals surface area contributed by atoms with Crippen molar-refractivity contribution in [3.8, 4) is 0 Å². The molecule has 0 spiro atoms. The number of hydrogen-bond donors (Lipinski definition) is 2. The van der Waals surface area contributed by atoms with Crippen LogP contribution in [0, 0.1) is 0 Å². The Morgan fingerprint density at radius 2 is 1.91 bits per heavy atom. The largest absolute Gasteiger partial charge is 0.383 e. The zero-order valence-electron chi connectivity index (χ0n) is 12.9. The molecule has 1 aliphatic heterocycles. The van der Waals surface area contributed by atoms with Gasteiger partial charge in [-0.1, -0.05) is 18.2 Å². The summed E-state index contributed by atoms with van der Waals surface area (Å²) in [5.41, 5.74) is 6.31. The highest BCUT2D eigenvalue weighted by molar-refractivity contribution is 5.70. The van der Waals surface area contributed by atoms with Gasteiger partial charge < -0.3 is 10.6 Å². The van der Waals surface area contributed by atoms with Gasteiger partial charge in [-0.05, 0) is 48.2 Å². The van der Waals surface area contributed by atoms with E-state index in [1.54, 1.807) is 12.7 Å². The number of para-hydroxylation sites is 1. The Labute approximate surface area is 135 Å². The molecule has 3 aromatic rings. The van der Waals surface area contributed by atoms with E-state index in [0.29, 0.717) is 0 Å². The summed E-state index contributed by atoms with van der Waals surface area (Å²) < 4.78 is 1.83. The molecular formula is C18H19N5. The SMILES string of the molecule is c1ccc2c(c1)CCc1cc(NCCn3cncn3)ccc1N2. The molecule has 0 bridgehead atoms. The van der Waals surface area contributed by atoms with Gasteiger partial charge in [-0.2, -0.15) is 5.10 Å². The minimum atomic E-state index is 0.806. The third-order valence-electron chi connectivity index (χ3n) is 4.19. The topological polar surface area (TPSA) is 54.8 Å². The van der Waals surface area contributed by atoms with Crippen LogP contribution in [0.4, 0.5) is 17.1 Å². The van der Waals surface area contributed by atoms with Crippen LogP contribution in [0.5, 0.6) is 0 Å². The predicted molar refractivity (Wildman–Crippen MR) is 92.1 cm³/mol. The summed E-state index contributed by atoms with van der Waals surface area (Å²) >= 11 is 0. The quantitative estimate of drug-likeness (QED) is 0.777. The summed E-state index contributed by atoms with van der Waals surface area (Å²) in [6, 6.07) is 15.1. The monoisotopic (exact) mass is 305 g/mol. The molecule has 23 heavy (non-hydrogen) atoms. The molecule has 0 amide bonds. The molecule has 2 N–H and O–H groups in total. The lowest BCUT2D eigenvalue weighted by atomic mass is 10.0. The van der Waals surface area contributed by atoms with Gasteiger partial charge in [-0.3, -0.25) is 4.68 Å². The Morgan fingerprint density at radius 3 is 2.83 bits per heavy atom. The van der Waals surface area contributed by atoms with Gasteiger partial charge in [0.25, 0.3) is 0 Å². The first-order valence-corrected chi connectivity index (χ1v) is 7.93. The summed E-state index contributed by atoms with van der Waals surface area (Å²) in [7, 11) is 0. The van der Waals surface area contributed by atoms with Crippen LogP contribution in [0.3, 0.4) is 0 Å². The summed E-state index contributed by atoms with van der Waals surface area (Å²) in [4.78, 5) is 3.95. The maximum Gasteiger partial charge on any atom is 0.137 e. The minimum absolute atomic E-state index is 0.806. The second kappa shape index (κ2) is 6.12. The maximum absolute atomic E-state index is 4.11. The number of rotatable bonds is 4. The smallest absolute Gasteiger partial charge is 0.137 e. The van der Waals surface area contributed by atoms with Crippen molar-refractivity contribution in [3.63, 3.8) is 0 Å². The van der Waals surface area contributed by atoms with E-state index in [-0.39, 0.29) is 0 Å². The number of nitrogens with one attached hydrogen (secondary N) is 2. The lowest BCUT2D eigenvalue weighted by Gasteiger charge is -2.12. The summed E-state index contributed by atoms with van der Waals surface area (Å²) in [6.07, 6.45) is 5.42. The van der Waals surface area contributed by atoms with Crippen molar-refractivity contribution in [3.05, 3.63) is 66.2 Å². The second-order valence-corrected chi connectivity index (χ2v) is 5.74. The Bertz CT molecular complexity index is 795. The number of anilines is 3. The molecule has 1 aromatic heterocycles. The molecule has 0 saturated heterocycles. The number of hydrogen-bond acceptors (Lipinski definition) is 4. The lowest BCUT2D eigenvalue weighted by Crippen LogP contribution is -2.11. The van der Waals surface area contributed by atoms with Crippen molar-refractivity contribution in [2.24, 2.45) is 0 Å². The number of aromatic nitrogens is 3. The van der Waals surface area contributed by atoms with Gasteiger partial charge in [0.2, 0.25) is 0 Å². The minimum Gasteiger partial charge on any atom is -0.383 e. The van der Waals surface area contributed by atoms with Gasteiger partial charge in [0.15, 0.2) is 0 Å². The van der Waals surface area contributed by atoms with Crippen LogP contribution in [0.15, 0.2) is 55.1 Å². The second-order valence-electron chi connectivity index (χ2n) is 5.74. The van der Waals surface area contributed by atoms with Crippen LogP contribution in [-0.2, 0) is 19.4 Å². The third-order valence-corrected chi connectivity index (χ3v) is 4.19. The molecule has 5 nitrogen and oxygen atoms in total. The van der Waals surface area contributed by atoms with Crippen molar-refractivity contribution in [1.29, 1.82) is 0 Å². The summed E-state index contributed by atoms with van der Waals surface area (Å²) in [6.45, 7) is 1.64. The average Bonchev–Trinajstić information content (AvgIpc) is 3.02. The van der Waals surface area contributed by atoms with Crippen molar-refractivity contribution in [2.75, 3.05) is 17.2 Å². The van der Waals surface area contributed by atoms with Crippen molar-refractivity contribution < 1.29 is 0 Å². The van der Waals surface area contributed by atoms with E-state index in [2.05, 4.69) is 63.2 Å². The number of benzene rings is 2. The molecule has 0 saturated carbocycles. The maximum atomic E-state index is 4.11. The highest BCUT2D eigenvalue weighted by Crippen LogP contribution is 2.31. The zero-order chi connectivity index (χ0) is 15.5. The number of nitrogens with zero attached hydrogens (tertiary/aromatic N) is 3. The van der Waals surface area contributed by atoms with Crippen LogP contribution in [0.25, 0.3) is 0 Å². The van der Waals surface area contributed by atoms with Crippen LogP contribution in [0.1, 0.15) is 11.1 Å². The fourth-order valence-corrected chi connectivity index (χ4v) is 2.97. The molecule has 116 valence electrons. The normalized spacial score (nSPS) is 12.7. The van der Waals surface area contributed by atoms with E-state index in [9.17, 15) is 0 Å². The van der Waals surface area contributed by atoms with E-state index < -0.39 is 0 Å². The van der Waals surface area contributed by atoms with Gasteiger partial charge in [-0.15, -0.1) is 0 Å².